The van der Waals surface area contributed by atoms with Crippen molar-refractivity contribution in [3.8, 4) is 0 Å². The first-order valence-corrected chi connectivity index (χ1v) is 8.86. The molecular formula is C17H18N4O3S. The number of rotatable bonds is 7. The molecule has 2 heterocycles. The number of benzene rings is 1. The normalized spacial score (nSPS) is 16.8. The predicted octanol–water partition coefficient (Wildman–Crippen LogP) is 2.02. The summed E-state index contributed by atoms with van der Waals surface area (Å²) in [5, 5.41) is 7.60. The lowest BCUT2D eigenvalue weighted by molar-refractivity contribution is -0.127. The van der Waals surface area contributed by atoms with E-state index in [4.69, 9.17) is 0 Å². The first kappa shape index (κ1) is 17.1. The highest BCUT2D eigenvalue weighted by atomic mass is 32.1. The number of urea groups is 1. The van der Waals surface area contributed by atoms with Crippen LogP contribution in [0.5, 0.6) is 0 Å². The van der Waals surface area contributed by atoms with Crippen LogP contribution in [0, 0.1) is 0 Å². The number of nitrogens with one attached hydrogen (secondary N) is 2. The molecule has 1 aromatic heterocycles. The maximum atomic E-state index is 12.4. The van der Waals surface area contributed by atoms with Crippen LogP contribution in [0.3, 0.4) is 0 Å². The van der Waals surface area contributed by atoms with Gasteiger partial charge in [-0.25, -0.2) is 9.78 Å². The molecule has 8 heteroatoms. The molecule has 0 radical (unpaired) electrons. The van der Waals surface area contributed by atoms with Crippen LogP contribution in [-0.4, -0.2) is 40.3 Å². The second-order valence-electron chi connectivity index (χ2n) is 5.65. The first-order chi connectivity index (χ1) is 12.1. The lowest BCUT2D eigenvalue weighted by atomic mass is 10.1. The molecule has 4 amide bonds. The number of anilines is 1. The van der Waals surface area contributed by atoms with Crippen molar-refractivity contribution in [3.63, 3.8) is 0 Å². The standard InChI is InChI=1S/C17H18N4O3S/c22-14(20-16-18-9-11-25-16)7-6-13-15(23)21(17(24)19-13)10-8-12-4-2-1-3-5-12/h1-5,9,11,13H,6-8,10H2,(H,19,24)(H,18,20,22). The molecule has 1 aliphatic rings. The Kier molecular flexibility index (Phi) is 5.39. The summed E-state index contributed by atoms with van der Waals surface area (Å²) < 4.78 is 0. The summed E-state index contributed by atoms with van der Waals surface area (Å²) in [6.07, 6.45) is 2.62. The first-order valence-electron chi connectivity index (χ1n) is 7.98. The topological polar surface area (TPSA) is 91.4 Å². The van der Waals surface area contributed by atoms with E-state index >= 15 is 0 Å². The second-order valence-corrected chi connectivity index (χ2v) is 6.55. The monoisotopic (exact) mass is 358 g/mol. The highest BCUT2D eigenvalue weighted by Gasteiger charge is 2.37. The molecule has 3 rings (SSSR count). The number of carbonyl (C=O) groups is 3. The van der Waals surface area contributed by atoms with Gasteiger partial charge in [-0.15, -0.1) is 11.3 Å². The lowest BCUT2D eigenvalue weighted by Crippen LogP contribution is -2.33. The number of nitrogens with zero attached hydrogens (tertiary/aromatic N) is 2. The van der Waals surface area contributed by atoms with Crippen LogP contribution in [0.1, 0.15) is 18.4 Å². The van der Waals surface area contributed by atoms with Crippen molar-refractivity contribution in [1.29, 1.82) is 0 Å². The zero-order chi connectivity index (χ0) is 17.6. The number of amides is 4. The van der Waals surface area contributed by atoms with Gasteiger partial charge >= 0.3 is 6.03 Å². The maximum absolute atomic E-state index is 12.4. The van der Waals surface area contributed by atoms with Crippen molar-refractivity contribution in [3.05, 3.63) is 47.5 Å². The number of imide groups is 1. The Labute approximate surface area is 149 Å². The Morgan fingerprint density at radius 3 is 2.80 bits per heavy atom. The minimum Gasteiger partial charge on any atom is -0.326 e. The molecule has 0 aliphatic carbocycles. The van der Waals surface area contributed by atoms with Crippen molar-refractivity contribution in [2.24, 2.45) is 0 Å². The number of hydrogen-bond acceptors (Lipinski definition) is 5. The fraction of sp³-hybridized carbons (Fsp3) is 0.294. The quantitative estimate of drug-likeness (QED) is 0.741. The lowest BCUT2D eigenvalue weighted by Gasteiger charge is -2.13. The molecule has 0 spiro atoms. The molecule has 0 bridgehead atoms. The second kappa shape index (κ2) is 7.89. The zero-order valence-electron chi connectivity index (χ0n) is 13.5. The Bertz CT molecular complexity index is 749. The van der Waals surface area contributed by atoms with E-state index in [1.54, 1.807) is 11.6 Å². The van der Waals surface area contributed by atoms with Gasteiger partial charge in [-0.2, -0.15) is 0 Å². The van der Waals surface area contributed by atoms with Crippen LogP contribution in [0.15, 0.2) is 41.9 Å². The summed E-state index contributed by atoms with van der Waals surface area (Å²) in [6.45, 7) is 0.330. The van der Waals surface area contributed by atoms with Crippen LogP contribution < -0.4 is 10.6 Å². The average molecular weight is 358 g/mol. The van der Waals surface area contributed by atoms with E-state index in [0.717, 1.165) is 5.56 Å². The maximum Gasteiger partial charge on any atom is 0.324 e. The third kappa shape index (κ3) is 4.42. The third-order valence-corrected chi connectivity index (χ3v) is 4.60. The summed E-state index contributed by atoms with van der Waals surface area (Å²) in [7, 11) is 0. The minimum atomic E-state index is -0.648. The van der Waals surface area contributed by atoms with Gasteiger partial charge in [-0.3, -0.25) is 14.5 Å². The summed E-state index contributed by atoms with van der Waals surface area (Å²) >= 11 is 1.33. The Hall–Kier alpha value is -2.74. The molecule has 7 nitrogen and oxygen atoms in total. The Morgan fingerprint density at radius 2 is 2.08 bits per heavy atom. The molecule has 2 N–H and O–H groups in total. The van der Waals surface area contributed by atoms with E-state index in [1.807, 2.05) is 30.3 Å². The number of hydrogen-bond donors (Lipinski definition) is 2. The fourth-order valence-corrected chi connectivity index (χ4v) is 3.16. The molecule has 130 valence electrons. The highest BCUT2D eigenvalue weighted by molar-refractivity contribution is 7.13. The van der Waals surface area contributed by atoms with E-state index in [-0.39, 0.29) is 24.7 Å². The van der Waals surface area contributed by atoms with Gasteiger partial charge in [-0.05, 0) is 18.4 Å². The van der Waals surface area contributed by atoms with Crippen LogP contribution in [0.25, 0.3) is 0 Å². The molecule has 1 atom stereocenters. The summed E-state index contributed by atoms with van der Waals surface area (Å²) in [6, 6.07) is 8.63. The van der Waals surface area contributed by atoms with Crippen molar-refractivity contribution < 1.29 is 14.4 Å². The molecule has 0 saturated carbocycles. The highest BCUT2D eigenvalue weighted by Crippen LogP contribution is 2.15. The molecule has 2 aromatic rings. The summed E-state index contributed by atoms with van der Waals surface area (Å²) in [5.41, 5.74) is 1.06. The molecule has 1 fully saturated rings. The van der Waals surface area contributed by atoms with Gasteiger partial charge in [-0.1, -0.05) is 30.3 Å². The van der Waals surface area contributed by atoms with Crippen LogP contribution in [0.4, 0.5) is 9.93 Å². The van der Waals surface area contributed by atoms with Crippen LogP contribution in [-0.2, 0) is 16.0 Å². The number of aromatic nitrogens is 1. The Balaban J connectivity index is 1.48. The smallest absolute Gasteiger partial charge is 0.324 e. The molecular weight excluding hydrogens is 340 g/mol. The van der Waals surface area contributed by atoms with Gasteiger partial charge in [0.05, 0.1) is 0 Å². The van der Waals surface area contributed by atoms with Crippen LogP contribution >= 0.6 is 11.3 Å². The predicted molar refractivity (Wildman–Crippen MR) is 94.2 cm³/mol. The molecule has 1 aliphatic heterocycles. The van der Waals surface area contributed by atoms with E-state index in [2.05, 4.69) is 15.6 Å². The largest absolute Gasteiger partial charge is 0.326 e. The fourth-order valence-electron chi connectivity index (χ4n) is 2.61. The van der Waals surface area contributed by atoms with Gasteiger partial charge in [0.2, 0.25) is 5.91 Å². The van der Waals surface area contributed by atoms with Gasteiger partial charge < -0.3 is 10.6 Å². The van der Waals surface area contributed by atoms with Gasteiger partial charge in [0.15, 0.2) is 5.13 Å². The Morgan fingerprint density at radius 1 is 1.28 bits per heavy atom. The zero-order valence-corrected chi connectivity index (χ0v) is 14.3. The van der Waals surface area contributed by atoms with E-state index in [1.165, 1.54) is 16.2 Å². The van der Waals surface area contributed by atoms with Crippen molar-refractivity contribution in [2.45, 2.75) is 25.3 Å². The average Bonchev–Trinajstić information content (AvgIpc) is 3.21. The van der Waals surface area contributed by atoms with E-state index < -0.39 is 12.1 Å². The van der Waals surface area contributed by atoms with Crippen LogP contribution in [0.2, 0.25) is 0 Å². The molecule has 1 saturated heterocycles. The van der Waals surface area contributed by atoms with E-state index in [9.17, 15) is 14.4 Å². The van der Waals surface area contributed by atoms with E-state index in [0.29, 0.717) is 18.1 Å². The summed E-state index contributed by atoms with van der Waals surface area (Å²) in [4.78, 5) is 41.4. The minimum absolute atomic E-state index is 0.142. The van der Waals surface area contributed by atoms with Crippen molar-refractivity contribution in [2.75, 3.05) is 11.9 Å². The molecule has 25 heavy (non-hydrogen) atoms. The molecule has 1 unspecified atom stereocenters. The summed E-state index contributed by atoms with van der Waals surface area (Å²) in [5.74, 6) is -0.497. The van der Waals surface area contributed by atoms with Crippen molar-refractivity contribution >= 4 is 34.3 Å². The van der Waals surface area contributed by atoms with Gasteiger partial charge in [0.25, 0.3) is 5.91 Å². The SMILES string of the molecule is O=C(CCC1NC(=O)N(CCc2ccccc2)C1=O)Nc1nccs1. The van der Waals surface area contributed by atoms with Crippen molar-refractivity contribution in [1.82, 2.24) is 15.2 Å². The molecule has 1 aromatic carbocycles. The number of thiazole rings is 1. The number of carbonyl (C=O) groups excluding carboxylic acids is 3. The van der Waals surface area contributed by atoms with Gasteiger partial charge in [0, 0.05) is 24.5 Å². The van der Waals surface area contributed by atoms with Gasteiger partial charge in [0.1, 0.15) is 6.04 Å². The third-order valence-electron chi connectivity index (χ3n) is 3.91.